The molecule has 0 radical (unpaired) electrons. The average molecular weight is 314 g/mol. The van der Waals surface area contributed by atoms with Gasteiger partial charge in [-0.3, -0.25) is 4.79 Å². The molecule has 0 aliphatic heterocycles. The number of aromatic nitrogens is 3. The second kappa shape index (κ2) is 5.88. The van der Waals surface area contributed by atoms with Crippen molar-refractivity contribution in [1.29, 1.82) is 0 Å². The standard InChI is InChI=1S/C16H18N4OS/c1-9(2)15-14(18-10(3)22-15)16(21)17-8-13-19-11-6-4-5-7-12(11)20-13/h4-7,9H,8H2,1-3H3,(H,17,21)(H,19,20). The molecule has 0 atom stereocenters. The zero-order chi connectivity index (χ0) is 15.7. The van der Waals surface area contributed by atoms with Crippen LogP contribution in [0.1, 0.15) is 46.0 Å². The van der Waals surface area contributed by atoms with E-state index in [2.05, 4.69) is 34.1 Å². The number of nitrogens with one attached hydrogen (secondary N) is 2. The molecule has 5 nitrogen and oxygen atoms in total. The Morgan fingerprint density at radius 1 is 1.32 bits per heavy atom. The third kappa shape index (κ3) is 2.87. The van der Waals surface area contributed by atoms with Gasteiger partial charge in [-0.05, 0) is 25.0 Å². The highest BCUT2D eigenvalue weighted by Gasteiger charge is 2.19. The van der Waals surface area contributed by atoms with Gasteiger partial charge < -0.3 is 10.3 Å². The Balaban J connectivity index is 1.74. The Kier molecular flexibility index (Phi) is 3.94. The van der Waals surface area contributed by atoms with E-state index in [-0.39, 0.29) is 11.8 Å². The number of hydrogen-bond acceptors (Lipinski definition) is 4. The third-order valence-corrected chi connectivity index (χ3v) is 4.63. The number of hydrogen-bond donors (Lipinski definition) is 2. The molecule has 114 valence electrons. The number of fused-ring (bicyclic) bond motifs is 1. The Bertz CT molecular complexity index is 786. The minimum atomic E-state index is -0.145. The van der Waals surface area contributed by atoms with Crippen molar-refractivity contribution >= 4 is 28.3 Å². The lowest BCUT2D eigenvalue weighted by atomic mass is 10.1. The van der Waals surface area contributed by atoms with E-state index in [0.717, 1.165) is 26.7 Å². The van der Waals surface area contributed by atoms with E-state index in [1.807, 2.05) is 31.2 Å². The zero-order valence-corrected chi connectivity index (χ0v) is 13.6. The van der Waals surface area contributed by atoms with Crippen LogP contribution < -0.4 is 5.32 Å². The van der Waals surface area contributed by atoms with Crippen LogP contribution in [0.4, 0.5) is 0 Å². The van der Waals surface area contributed by atoms with Gasteiger partial charge >= 0.3 is 0 Å². The lowest BCUT2D eigenvalue weighted by molar-refractivity contribution is 0.0944. The van der Waals surface area contributed by atoms with Crippen LogP contribution in [0, 0.1) is 6.92 Å². The first-order valence-corrected chi connectivity index (χ1v) is 8.05. The van der Waals surface area contributed by atoms with Crippen LogP contribution in [0.15, 0.2) is 24.3 Å². The summed E-state index contributed by atoms with van der Waals surface area (Å²) in [5, 5.41) is 3.81. The summed E-state index contributed by atoms with van der Waals surface area (Å²) in [4.78, 5) is 25.4. The molecule has 2 heterocycles. The predicted octanol–water partition coefficient (Wildman–Crippen LogP) is 3.38. The molecule has 0 fully saturated rings. The number of carbonyl (C=O) groups excluding carboxylic acids is 1. The second-order valence-corrected chi connectivity index (χ2v) is 6.72. The summed E-state index contributed by atoms with van der Waals surface area (Å²) in [6, 6.07) is 7.81. The van der Waals surface area contributed by atoms with E-state index in [1.165, 1.54) is 0 Å². The highest BCUT2D eigenvalue weighted by molar-refractivity contribution is 7.12. The molecule has 0 aliphatic rings. The molecule has 0 spiro atoms. The molecule has 2 N–H and O–H groups in total. The number of para-hydroxylation sites is 2. The fourth-order valence-electron chi connectivity index (χ4n) is 2.33. The van der Waals surface area contributed by atoms with Crippen LogP contribution >= 0.6 is 11.3 Å². The van der Waals surface area contributed by atoms with Gasteiger partial charge in [-0.15, -0.1) is 11.3 Å². The number of aromatic amines is 1. The van der Waals surface area contributed by atoms with Gasteiger partial charge in [-0.2, -0.15) is 0 Å². The molecule has 22 heavy (non-hydrogen) atoms. The van der Waals surface area contributed by atoms with Crippen LogP contribution in [0.5, 0.6) is 0 Å². The molecule has 6 heteroatoms. The number of amides is 1. The smallest absolute Gasteiger partial charge is 0.271 e. The molecular formula is C16H18N4OS. The van der Waals surface area contributed by atoms with Crippen LogP contribution in [0.3, 0.4) is 0 Å². The van der Waals surface area contributed by atoms with Crippen molar-refractivity contribution in [3.8, 4) is 0 Å². The molecule has 1 amide bonds. The van der Waals surface area contributed by atoms with Gasteiger partial charge in [0.15, 0.2) is 0 Å². The van der Waals surface area contributed by atoms with Crippen LogP contribution in [-0.2, 0) is 6.54 Å². The number of thiazole rings is 1. The summed E-state index contributed by atoms with van der Waals surface area (Å²) in [6.07, 6.45) is 0. The lowest BCUT2D eigenvalue weighted by Gasteiger charge is -2.05. The first-order valence-electron chi connectivity index (χ1n) is 7.23. The Morgan fingerprint density at radius 3 is 2.82 bits per heavy atom. The highest BCUT2D eigenvalue weighted by atomic mass is 32.1. The van der Waals surface area contributed by atoms with Crippen molar-refractivity contribution in [3.63, 3.8) is 0 Å². The maximum Gasteiger partial charge on any atom is 0.271 e. The third-order valence-electron chi connectivity index (χ3n) is 3.35. The maximum absolute atomic E-state index is 12.4. The van der Waals surface area contributed by atoms with Crippen LogP contribution in [-0.4, -0.2) is 20.9 Å². The van der Waals surface area contributed by atoms with E-state index < -0.39 is 0 Å². The van der Waals surface area contributed by atoms with Crippen LogP contribution in [0.25, 0.3) is 11.0 Å². The SMILES string of the molecule is Cc1nc(C(=O)NCc2nc3ccccc3[nH]2)c(C(C)C)s1. The van der Waals surface area contributed by atoms with Gasteiger partial charge in [0.25, 0.3) is 5.91 Å². The van der Waals surface area contributed by atoms with Crippen molar-refractivity contribution in [2.24, 2.45) is 0 Å². The summed E-state index contributed by atoms with van der Waals surface area (Å²) in [6.45, 7) is 6.43. The minimum Gasteiger partial charge on any atom is -0.343 e. The number of rotatable bonds is 4. The molecular weight excluding hydrogens is 296 g/mol. The summed E-state index contributed by atoms with van der Waals surface area (Å²) in [5.74, 6) is 0.888. The molecule has 3 aromatic rings. The van der Waals surface area contributed by atoms with Crippen molar-refractivity contribution in [1.82, 2.24) is 20.3 Å². The van der Waals surface area contributed by atoms with Gasteiger partial charge in [0.2, 0.25) is 0 Å². The van der Waals surface area contributed by atoms with E-state index >= 15 is 0 Å². The van der Waals surface area contributed by atoms with Gasteiger partial charge in [-0.1, -0.05) is 26.0 Å². The van der Waals surface area contributed by atoms with Gasteiger partial charge in [0.1, 0.15) is 11.5 Å². The normalized spacial score (nSPS) is 11.3. The number of imidazole rings is 1. The summed E-state index contributed by atoms with van der Waals surface area (Å²) < 4.78 is 0. The number of benzene rings is 1. The number of carbonyl (C=O) groups is 1. The van der Waals surface area contributed by atoms with E-state index in [9.17, 15) is 4.79 Å². The summed E-state index contributed by atoms with van der Waals surface area (Å²) in [5.41, 5.74) is 2.41. The summed E-state index contributed by atoms with van der Waals surface area (Å²) >= 11 is 1.58. The van der Waals surface area contributed by atoms with Crippen molar-refractivity contribution in [3.05, 3.63) is 45.7 Å². The fourth-order valence-corrected chi connectivity index (χ4v) is 3.26. The molecule has 0 unspecified atom stereocenters. The van der Waals surface area contributed by atoms with Crippen LogP contribution in [0.2, 0.25) is 0 Å². The molecule has 0 bridgehead atoms. The van der Waals surface area contributed by atoms with E-state index in [1.54, 1.807) is 11.3 Å². The number of H-pyrrole nitrogens is 1. The summed E-state index contributed by atoms with van der Waals surface area (Å²) in [7, 11) is 0. The Morgan fingerprint density at radius 2 is 2.09 bits per heavy atom. The minimum absolute atomic E-state index is 0.145. The van der Waals surface area contributed by atoms with Gasteiger partial charge in [-0.25, -0.2) is 9.97 Å². The molecule has 3 rings (SSSR count). The number of nitrogens with zero attached hydrogens (tertiary/aromatic N) is 2. The van der Waals surface area contributed by atoms with Gasteiger partial charge in [0.05, 0.1) is 22.6 Å². The molecule has 1 aromatic carbocycles. The lowest BCUT2D eigenvalue weighted by Crippen LogP contribution is -2.25. The van der Waals surface area contributed by atoms with E-state index in [0.29, 0.717) is 12.2 Å². The molecule has 0 saturated carbocycles. The predicted molar refractivity (Wildman–Crippen MR) is 88.2 cm³/mol. The Labute approximate surface area is 132 Å². The van der Waals surface area contributed by atoms with Crippen molar-refractivity contribution < 1.29 is 4.79 Å². The first-order chi connectivity index (χ1) is 10.5. The maximum atomic E-state index is 12.4. The molecule has 2 aromatic heterocycles. The second-order valence-electron chi connectivity index (χ2n) is 5.48. The zero-order valence-electron chi connectivity index (χ0n) is 12.8. The van der Waals surface area contributed by atoms with E-state index in [4.69, 9.17) is 0 Å². The first kappa shape index (κ1) is 14.7. The molecule has 0 aliphatic carbocycles. The van der Waals surface area contributed by atoms with Crippen molar-refractivity contribution in [2.45, 2.75) is 33.2 Å². The number of aryl methyl sites for hydroxylation is 1. The Hall–Kier alpha value is -2.21. The van der Waals surface area contributed by atoms with Gasteiger partial charge in [0, 0.05) is 4.88 Å². The topological polar surface area (TPSA) is 70.7 Å². The average Bonchev–Trinajstić information content (AvgIpc) is 3.07. The monoisotopic (exact) mass is 314 g/mol. The molecule has 0 saturated heterocycles. The fraction of sp³-hybridized carbons (Fsp3) is 0.312. The largest absolute Gasteiger partial charge is 0.343 e. The highest BCUT2D eigenvalue weighted by Crippen LogP contribution is 2.26. The van der Waals surface area contributed by atoms with Crippen molar-refractivity contribution in [2.75, 3.05) is 0 Å². The quantitative estimate of drug-likeness (QED) is 0.775.